The fraction of sp³-hybridized carbons (Fsp3) is 0.286. The number of fused-ring (bicyclic) bond motifs is 3. The second-order valence-electron chi connectivity index (χ2n) is 7.25. The third-order valence-corrected chi connectivity index (χ3v) is 6.96. The van der Waals surface area contributed by atoms with Crippen molar-refractivity contribution in [2.45, 2.75) is 26.1 Å². The summed E-state index contributed by atoms with van der Waals surface area (Å²) in [6, 6.07) is 11.3. The summed E-state index contributed by atoms with van der Waals surface area (Å²) in [5.74, 6) is 1.43. The molecule has 28 heavy (non-hydrogen) atoms. The van der Waals surface area contributed by atoms with Crippen molar-refractivity contribution in [1.82, 2.24) is 5.32 Å². The molecule has 2 aliphatic heterocycles. The number of anilines is 1. The Kier molecular flexibility index (Phi) is 4.42. The molecule has 2 aliphatic rings. The van der Waals surface area contributed by atoms with Gasteiger partial charge in [0.1, 0.15) is 23.1 Å². The van der Waals surface area contributed by atoms with Gasteiger partial charge in [-0.15, -0.1) is 11.3 Å². The van der Waals surface area contributed by atoms with Crippen LogP contribution in [0.2, 0.25) is 5.02 Å². The minimum absolute atomic E-state index is 0.0133. The molecular weight excluding hydrogens is 394 g/mol. The average molecular weight is 415 g/mol. The maximum absolute atomic E-state index is 12.9. The first kappa shape index (κ1) is 17.8. The first-order valence-corrected chi connectivity index (χ1v) is 10.7. The minimum Gasteiger partial charge on any atom is -0.457 e. The third-order valence-electron chi connectivity index (χ3n) is 5.55. The van der Waals surface area contributed by atoms with Crippen molar-refractivity contribution in [2.24, 2.45) is 0 Å². The number of furan rings is 1. The van der Waals surface area contributed by atoms with Crippen LogP contribution in [0.5, 0.6) is 0 Å². The summed E-state index contributed by atoms with van der Waals surface area (Å²) in [6.07, 6.45) is 0.599. The van der Waals surface area contributed by atoms with E-state index in [0.717, 1.165) is 47.9 Å². The van der Waals surface area contributed by atoms with E-state index in [2.05, 4.69) is 17.6 Å². The van der Waals surface area contributed by atoms with Gasteiger partial charge in [0.05, 0.1) is 23.5 Å². The lowest BCUT2D eigenvalue weighted by molar-refractivity contribution is -0.913. The number of amides is 1. The molecule has 0 saturated heterocycles. The van der Waals surface area contributed by atoms with Crippen LogP contribution in [0.15, 0.2) is 40.8 Å². The summed E-state index contributed by atoms with van der Waals surface area (Å²) in [7, 11) is 0. The highest BCUT2D eigenvalue weighted by Gasteiger charge is 2.35. The molecule has 4 heterocycles. The van der Waals surface area contributed by atoms with E-state index in [0.29, 0.717) is 10.8 Å². The molecule has 3 aromatic rings. The molecule has 1 amide bonds. The Morgan fingerprint density at radius 2 is 2.04 bits per heavy atom. The smallest absolute Gasteiger partial charge is 0.256 e. The topological polar surface area (TPSA) is 58.7 Å². The molecule has 0 aliphatic carbocycles. The van der Waals surface area contributed by atoms with Crippen LogP contribution in [0.3, 0.4) is 0 Å². The maximum Gasteiger partial charge on any atom is 0.256 e. The van der Waals surface area contributed by atoms with Gasteiger partial charge in [-0.25, -0.2) is 0 Å². The van der Waals surface area contributed by atoms with E-state index in [1.54, 1.807) is 16.2 Å². The average Bonchev–Trinajstić information content (AvgIpc) is 3.32. The van der Waals surface area contributed by atoms with E-state index in [1.165, 1.54) is 10.4 Å². The zero-order chi connectivity index (χ0) is 19.3. The zero-order valence-electron chi connectivity index (χ0n) is 15.5. The number of hydrogen-bond acceptors (Lipinski definition) is 4. The van der Waals surface area contributed by atoms with Crippen molar-refractivity contribution >= 4 is 33.8 Å². The summed E-state index contributed by atoms with van der Waals surface area (Å²) in [4.78, 5) is 15.8. The van der Waals surface area contributed by atoms with E-state index >= 15 is 0 Å². The van der Waals surface area contributed by atoms with Gasteiger partial charge in [-0.3, -0.25) is 4.79 Å². The first-order valence-electron chi connectivity index (χ1n) is 9.53. The fourth-order valence-corrected chi connectivity index (χ4v) is 5.44. The lowest BCUT2D eigenvalue weighted by atomic mass is 10.0. The zero-order valence-corrected chi connectivity index (χ0v) is 17.0. The van der Waals surface area contributed by atoms with Crippen molar-refractivity contribution < 1.29 is 14.1 Å². The van der Waals surface area contributed by atoms with E-state index in [9.17, 15) is 4.79 Å². The molecule has 2 aromatic heterocycles. The number of hydrogen-bond donors (Lipinski definition) is 3. The minimum atomic E-state index is -0.365. The van der Waals surface area contributed by atoms with Gasteiger partial charge in [-0.05, 0) is 48.9 Å². The largest absolute Gasteiger partial charge is 0.457 e. The molecule has 0 fully saturated rings. The highest BCUT2D eigenvalue weighted by molar-refractivity contribution is 7.16. The number of carbonyl (C=O) groups is 1. The number of halogens is 1. The Hall–Kier alpha value is -2.28. The van der Waals surface area contributed by atoms with Gasteiger partial charge in [0.2, 0.25) is 0 Å². The van der Waals surface area contributed by atoms with Crippen LogP contribution < -0.4 is 15.5 Å². The van der Waals surface area contributed by atoms with Crippen LogP contribution in [-0.4, -0.2) is 19.0 Å². The van der Waals surface area contributed by atoms with Crippen molar-refractivity contribution in [3.8, 4) is 11.3 Å². The number of nitrogens with one attached hydrogen (secondary N) is 3. The van der Waals surface area contributed by atoms with Gasteiger partial charge in [0, 0.05) is 17.0 Å². The third kappa shape index (κ3) is 3.02. The number of thiophene rings is 1. The summed E-state index contributed by atoms with van der Waals surface area (Å²) in [5.41, 5.74) is 3.01. The van der Waals surface area contributed by atoms with E-state index in [-0.39, 0.29) is 12.1 Å². The van der Waals surface area contributed by atoms with E-state index < -0.39 is 0 Å². The molecule has 0 saturated carbocycles. The predicted octanol–water partition coefficient (Wildman–Crippen LogP) is 3.48. The number of carbonyl (C=O) groups excluding carboxylic acids is 1. The first-order chi connectivity index (χ1) is 13.6. The number of quaternary nitrogens is 1. The molecule has 0 spiro atoms. The van der Waals surface area contributed by atoms with Gasteiger partial charge in [0.15, 0.2) is 6.17 Å². The van der Waals surface area contributed by atoms with Crippen LogP contribution in [0.4, 0.5) is 5.00 Å². The second-order valence-corrected chi connectivity index (χ2v) is 8.79. The Morgan fingerprint density at radius 3 is 2.82 bits per heavy atom. The quantitative estimate of drug-likeness (QED) is 0.615. The molecule has 3 N–H and O–H groups in total. The lowest BCUT2D eigenvalue weighted by Gasteiger charge is -2.25. The lowest BCUT2D eigenvalue weighted by Crippen LogP contribution is -3.11. The van der Waals surface area contributed by atoms with Crippen LogP contribution in [0.25, 0.3) is 11.3 Å². The molecular formula is C21H21ClN3O2S+. The molecule has 0 bridgehead atoms. The Morgan fingerprint density at radius 1 is 1.21 bits per heavy atom. The standard InChI is InChI=1S/C21H20ClN3O2S/c1-2-25-10-9-14-17(11-25)28-21-18(14)20(26)23-19(24-21)16-8-7-15(27-16)12-3-5-13(22)6-4-12/h3-8,19,24H,2,9-11H2,1H3,(H,23,26)/p+1/t19-/m0/s1. The summed E-state index contributed by atoms with van der Waals surface area (Å²) < 4.78 is 6.03. The highest BCUT2D eigenvalue weighted by atomic mass is 35.5. The number of rotatable bonds is 3. The maximum atomic E-state index is 12.9. The van der Waals surface area contributed by atoms with Crippen LogP contribution in [0.1, 0.15) is 39.6 Å². The second kappa shape index (κ2) is 6.95. The Bertz CT molecular complexity index is 1040. The fourth-order valence-electron chi connectivity index (χ4n) is 3.97. The van der Waals surface area contributed by atoms with E-state index in [4.69, 9.17) is 16.0 Å². The van der Waals surface area contributed by atoms with Crippen molar-refractivity contribution in [1.29, 1.82) is 0 Å². The molecule has 1 unspecified atom stereocenters. The molecule has 1 aromatic carbocycles. The highest BCUT2D eigenvalue weighted by Crippen LogP contribution is 2.39. The SMILES string of the molecule is CC[NH+]1CCc2c(sc3c2C(=O)N[C@H](c2ccc(-c4ccc(Cl)cc4)o2)N3)C1. The van der Waals surface area contributed by atoms with Crippen molar-refractivity contribution in [2.75, 3.05) is 18.4 Å². The van der Waals surface area contributed by atoms with Gasteiger partial charge in [-0.2, -0.15) is 0 Å². The molecule has 0 radical (unpaired) electrons. The van der Waals surface area contributed by atoms with Crippen molar-refractivity contribution in [3.05, 3.63) is 63.2 Å². The summed E-state index contributed by atoms with van der Waals surface area (Å²) >= 11 is 7.68. The Labute approximate surface area is 172 Å². The molecule has 144 valence electrons. The summed E-state index contributed by atoms with van der Waals surface area (Å²) in [5, 5.41) is 8.18. The normalized spacial score (nSPS) is 20.9. The van der Waals surface area contributed by atoms with Crippen LogP contribution in [-0.2, 0) is 13.0 Å². The van der Waals surface area contributed by atoms with Crippen LogP contribution in [0, 0.1) is 0 Å². The van der Waals surface area contributed by atoms with Gasteiger partial charge < -0.3 is 20.0 Å². The molecule has 7 heteroatoms. The Balaban J connectivity index is 1.42. The molecule has 5 rings (SSSR count). The van der Waals surface area contributed by atoms with E-state index in [1.807, 2.05) is 36.4 Å². The van der Waals surface area contributed by atoms with Crippen LogP contribution >= 0.6 is 22.9 Å². The van der Waals surface area contributed by atoms with Gasteiger partial charge >= 0.3 is 0 Å². The monoisotopic (exact) mass is 414 g/mol. The predicted molar refractivity (Wildman–Crippen MR) is 111 cm³/mol. The summed E-state index contributed by atoms with van der Waals surface area (Å²) in [6.45, 7) is 5.42. The number of benzene rings is 1. The molecule has 5 nitrogen and oxygen atoms in total. The molecule has 2 atom stereocenters. The number of likely N-dealkylation sites (N-methyl/N-ethyl adjacent to an activating group) is 1. The van der Waals surface area contributed by atoms with Crippen molar-refractivity contribution in [3.63, 3.8) is 0 Å². The van der Waals surface area contributed by atoms with Gasteiger partial charge in [0.25, 0.3) is 5.91 Å². The van der Waals surface area contributed by atoms with Gasteiger partial charge in [-0.1, -0.05) is 11.6 Å².